The summed E-state index contributed by atoms with van der Waals surface area (Å²) < 4.78 is 12.1. The first-order chi connectivity index (χ1) is 12.2. The molecular formula is C19H20N2O3S. The van der Waals surface area contributed by atoms with Crippen LogP contribution in [0, 0.1) is 0 Å². The van der Waals surface area contributed by atoms with Crippen molar-refractivity contribution in [2.45, 2.75) is 20.3 Å². The number of benzene rings is 2. The van der Waals surface area contributed by atoms with Gasteiger partial charge in [0.25, 0.3) is 5.91 Å². The first kappa shape index (κ1) is 17.2. The molecule has 0 aliphatic carbocycles. The molecular weight excluding hydrogens is 336 g/mol. The lowest BCUT2D eigenvalue weighted by atomic mass is 10.2. The number of amides is 1. The number of fused-ring (bicyclic) bond motifs is 1. The van der Waals surface area contributed by atoms with E-state index in [-0.39, 0.29) is 12.5 Å². The highest BCUT2D eigenvalue weighted by Crippen LogP contribution is 2.28. The van der Waals surface area contributed by atoms with E-state index in [2.05, 4.69) is 29.4 Å². The number of thiazole rings is 1. The fraction of sp³-hybridized carbons (Fsp3) is 0.263. The Balaban J connectivity index is 1.63. The van der Waals surface area contributed by atoms with Gasteiger partial charge in [0.2, 0.25) is 0 Å². The molecule has 3 rings (SSSR count). The third-order valence-electron chi connectivity index (χ3n) is 3.62. The molecule has 6 heteroatoms. The van der Waals surface area contributed by atoms with Crippen LogP contribution in [0.5, 0.6) is 11.5 Å². The summed E-state index contributed by atoms with van der Waals surface area (Å²) in [6.07, 6.45) is 0.975. The van der Waals surface area contributed by atoms with E-state index < -0.39 is 0 Å². The molecule has 5 nitrogen and oxygen atoms in total. The molecule has 130 valence electrons. The standard InChI is InChI=1S/C19H20N2O3S/c1-3-13-9-10-14-17(11-13)25-19(20-14)21-18(22)12-24-16-8-6-5-7-15(16)23-4-2/h5-11H,3-4,12H2,1-2H3,(H,20,21,22). The molecule has 0 atom stereocenters. The predicted molar refractivity (Wildman–Crippen MR) is 101 cm³/mol. The molecule has 1 amide bonds. The van der Waals surface area contributed by atoms with Gasteiger partial charge in [-0.05, 0) is 43.2 Å². The van der Waals surface area contributed by atoms with Gasteiger partial charge in [0.1, 0.15) is 0 Å². The zero-order chi connectivity index (χ0) is 17.6. The minimum Gasteiger partial charge on any atom is -0.490 e. The molecule has 0 spiro atoms. The Bertz CT molecular complexity index is 876. The maximum Gasteiger partial charge on any atom is 0.264 e. The smallest absolute Gasteiger partial charge is 0.264 e. The van der Waals surface area contributed by atoms with Crippen molar-refractivity contribution in [3.05, 3.63) is 48.0 Å². The quantitative estimate of drug-likeness (QED) is 0.686. The average molecular weight is 356 g/mol. The zero-order valence-electron chi connectivity index (χ0n) is 14.2. The number of nitrogens with one attached hydrogen (secondary N) is 1. The number of aromatic nitrogens is 1. The number of hydrogen-bond donors (Lipinski definition) is 1. The SMILES string of the molecule is CCOc1ccccc1OCC(=O)Nc1nc2ccc(CC)cc2s1. The van der Waals surface area contributed by atoms with Crippen molar-refractivity contribution in [1.29, 1.82) is 0 Å². The number of hydrogen-bond acceptors (Lipinski definition) is 5. The summed E-state index contributed by atoms with van der Waals surface area (Å²) in [4.78, 5) is 16.6. The molecule has 0 saturated heterocycles. The third-order valence-corrected chi connectivity index (χ3v) is 4.55. The fourth-order valence-electron chi connectivity index (χ4n) is 2.39. The van der Waals surface area contributed by atoms with Crippen molar-refractivity contribution in [2.75, 3.05) is 18.5 Å². The maximum atomic E-state index is 12.1. The van der Waals surface area contributed by atoms with Crippen LogP contribution in [0.15, 0.2) is 42.5 Å². The molecule has 0 saturated carbocycles. The summed E-state index contributed by atoms with van der Waals surface area (Å²) in [5.74, 6) is 0.933. The predicted octanol–water partition coefficient (Wildman–Crippen LogP) is 4.27. The lowest BCUT2D eigenvalue weighted by Gasteiger charge is -2.10. The van der Waals surface area contributed by atoms with Gasteiger partial charge in [-0.15, -0.1) is 0 Å². The molecule has 0 radical (unpaired) electrons. The molecule has 0 unspecified atom stereocenters. The van der Waals surface area contributed by atoms with Crippen LogP contribution >= 0.6 is 11.3 Å². The normalized spacial score (nSPS) is 10.6. The number of carbonyl (C=O) groups is 1. The van der Waals surface area contributed by atoms with Gasteiger partial charge in [-0.2, -0.15) is 0 Å². The summed E-state index contributed by atoms with van der Waals surface area (Å²) in [5, 5.41) is 3.37. The van der Waals surface area contributed by atoms with Crippen LogP contribution in [0.1, 0.15) is 19.4 Å². The van der Waals surface area contributed by atoms with Gasteiger partial charge in [0.15, 0.2) is 23.2 Å². The Morgan fingerprint density at radius 2 is 1.88 bits per heavy atom. The highest BCUT2D eigenvalue weighted by atomic mass is 32.1. The second-order valence-electron chi connectivity index (χ2n) is 5.39. The Morgan fingerprint density at radius 1 is 1.12 bits per heavy atom. The summed E-state index contributed by atoms with van der Waals surface area (Å²) in [6.45, 7) is 4.46. The zero-order valence-corrected chi connectivity index (χ0v) is 15.1. The maximum absolute atomic E-state index is 12.1. The molecule has 2 aromatic carbocycles. The number of para-hydroxylation sites is 2. The van der Waals surface area contributed by atoms with Crippen molar-refractivity contribution in [1.82, 2.24) is 4.98 Å². The molecule has 0 aliphatic rings. The second-order valence-corrected chi connectivity index (χ2v) is 6.42. The topological polar surface area (TPSA) is 60.5 Å². The van der Waals surface area contributed by atoms with E-state index in [4.69, 9.17) is 9.47 Å². The largest absolute Gasteiger partial charge is 0.490 e. The van der Waals surface area contributed by atoms with E-state index in [9.17, 15) is 4.79 Å². The van der Waals surface area contributed by atoms with Gasteiger partial charge >= 0.3 is 0 Å². The van der Waals surface area contributed by atoms with Gasteiger partial charge in [-0.1, -0.05) is 36.5 Å². The Kier molecular flexibility index (Phi) is 5.50. The molecule has 0 fully saturated rings. The molecule has 0 bridgehead atoms. The monoisotopic (exact) mass is 356 g/mol. The van der Waals surface area contributed by atoms with Crippen LogP contribution in [0.2, 0.25) is 0 Å². The van der Waals surface area contributed by atoms with Crippen LogP contribution in [0.4, 0.5) is 5.13 Å². The van der Waals surface area contributed by atoms with Crippen molar-refractivity contribution >= 4 is 32.6 Å². The number of carbonyl (C=O) groups excluding carboxylic acids is 1. The van der Waals surface area contributed by atoms with E-state index >= 15 is 0 Å². The van der Waals surface area contributed by atoms with Gasteiger partial charge in [-0.3, -0.25) is 10.1 Å². The van der Waals surface area contributed by atoms with E-state index in [0.717, 1.165) is 16.6 Å². The van der Waals surface area contributed by atoms with Crippen LogP contribution in [-0.2, 0) is 11.2 Å². The number of aryl methyl sites for hydroxylation is 1. The highest BCUT2D eigenvalue weighted by Gasteiger charge is 2.10. The van der Waals surface area contributed by atoms with Crippen molar-refractivity contribution in [3.63, 3.8) is 0 Å². The van der Waals surface area contributed by atoms with E-state index in [1.54, 1.807) is 6.07 Å². The summed E-state index contributed by atoms with van der Waals surface area (Å²) >= 11 is 1.46. The minimum atomic E-state index is -0.249. The highest BCUT2D eigenvalue weighted by molar-refractivity contribution is 7.22. The Morgan fingerprint density at radius 3 is 2.60 bits per heavy atom. The van der Waals surface area contributed by atoms with Crippen molar-refractivity contribution in [2.24, 2.45) is 0 Å². The van der Waals surface area contributed by atoms with E-state index in [1.165, 1.54) is 16.9 Å². The first-order valence-corrected chi connectivity index (χ1v) is 9.05. The fourth-order valence-corrected chi connectivity index (χ4v) is 3.33. The van der Waals surface area contributed by atoms with Crippen molar-refractivity contribution < 1.29 is 14.3 Å². The Hall–Kier alpha value is -2.60. The van der Waals surface area contributed by atoms with Gasteiger partial charge in [0, 0.05) is 0 Å². The third kappa shape index (κ3) is 4.28. The number of nitrogens with zero attached hydrogens (tertiary/aromatic N) is 1. The van der Waals surface area contributed by atoms with Gasteiger partial charge in [0.05, 0.1) is 16.8 Å². The number of rotatable bonds is 7. The molecule has 0 aliphatic heterocycles. The Labute approximate surface area is 150 Å². The minimum absolute atomic E-state index is 0.0970. The summed E-state index contributed by atoms with van der Waals surface area (Å²) in [7, 11) is 0. The van der Waals surface area contributed by atoms with Gasteiger partial charge in [-0.25, -0.2) is 4.98 Å². The molecule has 1 heterocycles. The lowest BCUT2D eigenvalue weighted by molar-refractivity contribution is -0.118. The molecule has 1 N–H and O–H groups in total. The second kappa shape index (κ2) is 7.98. The summed E-state index contributed by atoms with van der Waals surface area (Å²) in [5.41, 5.74) is 2.14. The number of anilines is 1. The van der Waals surface area contributed by atoms with Crippen LogP contribution in [-0.4, -0.2) is 24.1 Å². The lowest BCUT2D eigenvalue weighted by Crippen LogP contribution is -2.20. The molecule has 1 aromatic heterocycles. The average Bonchev–Trinajstić information content (AvgIpc) is 3.02. The van der Waals surface area contributed by atoms with Crippen LogP contribution in [0.25, 0.3) is 10.2 Å². The first-order valence-electron chi connectivity index (χ1n) is 8.23. The van der Waals surface area contributed by atoms with E-state index in [1.807, 2.05) is 31.2 Å². The molecule has 25 heavy (non-hydrogen) atoms. The van der Waals surface area contributed by atoms with Crippen molar-refractivity contribution in [3.8, 4) is 11.5 Å². The molecule has 3 aromatic rings. The van der Waals surface area contributed by atoms with E-state index in [0.29, 0.717) is 23.2 Å². The van der Waals surface area contributed by atoms with Crippen LogP contribution < -0.4 is 14.8 Å². The summed E-state index contributed by atoms with van der Waals surface area (Å²) in [6, 6.07) is 13.4. The van der Waals surface area contributed by atoms with Crippen LogP contribution in [0.3, 0.4) is 0 Å². The number of ether oxygens (including phenoxy) is 2. The van der Waals surface area contributed by atoms with Gasteiger partial charge < -0.3 is 9.47 Å².